The lowest BCUT2D eigenvalue weighted by Gasteiger charge is -2.10. The van der Waals surface area contributed by atoms with E-state index in [0.29, 0.717) is 11.1 Å². The summed E-state index contributed by atoms with van der Waals surface area (Å²) in [5.41, 5.74) is 4.10. The van der Waals surface area contributed by atoms with Gasteiger partial charge in [0.25, 0.3) is 0 Å². The molecule has 0 aliphatic heterocycles. The number of aryl methyl sites for hydroxylation is 3. The molecule has 0 fully saturated rings. The molecule has 2 heterocycles. The summed E-state index contributed by atoms with van der Waals surface area (Å²) in [5.74, 6) is 0.965. The van der Waals surface area contributed by atoms with Crippen molar-refractivity contribution in [2.24, 2.45) is 0 Å². The molecule has 3 rings (SSSR count). The van der Waals surface area contributed by atoms with Gasteiger partial charge in [0.15, 0.2) is 0 Å². The van der Waals surface area contributed by atoms with Gasteiger partial charge in [0.05, 0.1) is 0 Å². The van der Waals surface area contributed by atoms with Crippen molar-refractivity contribution >= 4 is 21.9 Å². The highest BCUT2D eigenvalue weighted by Crippen LogP contribution is 2.33. The summed E-state index contributed by atoms with van der Waals surface area (Å²) in [4.78, 5) is 12.1. The number of furan rings is 1. The van der Waals surface area contributed by atoms with Gasteiger partial charge in [-0.3, -0.25) is 0 Å². The quantitative estimate of drug-likeness (QED) is 0.663. The molecule has 0 spiro atoms. The average Bonchev–Trinajstić information content (AvgIpc) is 2.89. The molecule has 0 atom stereocenters. The van der Waals surface area contributed by atoms with E-state index in [1.807, 2.05) is 6.92 Å². The Kier molecular flexibility index (Phi) is 3.36. The zero-order chi connectivity index (χ0) is 15.1. The maximum Gasteiger partial charge on any atom is 0.339 e. The van der Waals surface area contributed by atoms with E-state index < -0.39 is 0 Å². The molecular formula is C18H20O3. The van der Waals surface area contributed by atoms with Gasteiger partial charge in [-0.2, -0.15) is 0 Å². The van der Waals surface area contributed by atoms with Crippen molar-refractivity contribution in [1.29, 1.82) is 0 Å². The van der Waals surface area contributed by atoms with Crippen molar-refractivity contribution in [3.63, 3.8) is 0 Å². The summed E-state index contributed by atoms with van der Waals surface area (Å²) in [7, 11) is 0. The summed E-state index contributed by atoms with van der Waals surface area (Å²) < 4.78 is 11.5. The molecular weight excluding hydrogens is 264 g/mol. The molecule has 0 amide bonds. The van der Waals surface area contributed by atoms with Crippen LogP contribution in [-0.4, -0.2) is 0 Å². The van der Waals surface area contributed by atoms with Crippen LogP contribution in [0.25, 0.3) is 21.9 Å². The first-order valence-corrected chi connectivity index (χ1v) is 7.61. The minimum Gasteiger partial charge on any atom is -0.461 e. The van der Waals surface area contributed by atoms with Crippen molar-refractivity contribution in [2.45, 2.75) is 47.0 Å². The molecule has 21 heavy (non-hydrogen) atoms. The molecule has 0 aliphatic carbocycles. The van der Waals surface area contributed by atoms with Crippen molar-refractivity contribution in [2.75, 3.05) is 0 Å². The summed E-state index contributed by atoms with van der Waals surface area (Å²) in [5, 5.41) is 2.14. The van der Waals surface area contributed by atoms with Crippen LogP contribution in [0.4, 0.5) is 0 Å². The normalized spacial score (nSPS) is 11.6. The van der Waals surface area contributed by atoms with Gasteiger partial charge in [-0.15, -0.1) is 0 Å². The molecule has 3 heteroatoms. The first-order chi connectivity index (χ1) is 10.1. The monoisotopic (exact) mass is 284 g/mol. The van der Waals surface area contributed by atoms with E-state index in [-0.39, 0.29) is 5.63 Å². The predicted molar refractivity (Wildman–Crippen MR) is 85.1 cm³/mol. The topological polar surface area (TPSA) is 43.4 Å². The Balaban J connectivity index is 2.55. The maximum absolute atomic E-state index is 12.1. The van der Waals surface area contributed by atoms with Gasteiger partial charge in [0.2, 0.25) is 0 Å². The van der Waals surface area contributed by atoms with Crippen LogP contribution in [0.1, 0.15) is 43.2 Å². The smallest absolute Gasteiger partial charge is 0.339 e. The number of rotatable bonds is 3. The fourth-order valence-electron chi connectivity index (χ4n) is 3.07. The second-order valence-electron chi connectivity index (χ2n) is 5.42. The zero-order valence-electron chi connectivity index (χ0n) is 13.0. The van der Waals surface area contributed by atoms with Crippen molar-refractivity contribution in [3.05, 3.63) is 45.0 Å². The molecule has 0 unspecified atom stereocenters. The van der Waals surface area contributed by atoms with Crippen LogP contribution in [-0.2, 0) is 19.3 Å². The Bertz CT molecular complexity index is 881. The fourth-order valence-corrected chi connectivity index (χ4v) is 3.07. The Labute approximate surface area is 123 Å². The Hall–Kier alpha value is -2.03. The van der Waals surface area contributed by atoms with E-state index in [4.69, 9.17) is 8.83 Å². The number of benzene rings is 1. The minimum absolute atomic E-state index is 0.240. The minimum atomic E-state index is -0.240. The van der Waals surface area contributed by atoms with Crippen molar-refractivity contribution < 1.29 is 8.83 Å². The molecule has 0 radical (unpaired) electrons. The van der Waals surface area contributed by atoms with E-state index in [9.17, 15) is 4.79 Å². The maximum atomic E-state index is 12.1. The highest BCUT2D eigenvalue weighted by Gasteiger charge is 2.17. The van der Waals surface area contributed by atoms with E-state index in [0.717, 1.165) is 52.5 Å². The molecule has 0 saturated heterocycles. The van der Waals surface area contributed by atoms with E-state index in [1.54, 1.807) is 0 Å². The highest BCUT2D eigenvalue weighted by molar-refractivity contribution is 5.99. The van der Waals surface area contributed by atoms with Gasteiger partial charge in [-0.05, 0) is 37.5 Å². The first-order valence-electron chi connectivity index (χ1n) is 7.61. The second-order valence-corrected chi connectivity index (χ2v) is 5.42. The SMILES string of the molecule is CCc1cc2cc3c(CC)c(C)c(=O)oc3c(CC)c2o1. The fraction of sp³-hybridized carbons (Fsp3) is 0.389. The van der Waals surface area contributed by atoms with Crippen LogP contribution in [0, 0.1) is 6.92 Å². The number of fused-ring (bicyclic) bond motifs is 2. The molecule has 3 aromatic rings. The van der Waals surface area contributed by atoms with Gasteiger partial charge in [-0.1, -0.05) is 20.8 Å². The second kappa shape index (κ2) is 5.06. The van der Waals surface area contributed by atoms with E-state index >= 15 is 0 Å². The van der Waals surface area contributed by atoms with Crippen LogP contribution in [0.5, 0.6) is 0 Å². The molecule has 3 nitrogen and oxygen atoms in total. The van der Waals surface area contributed by atoms with Crippen molar-refractivity contribution in [1.82, 2.24) is 0 Å². The third-order valence-corrected chi connectivity index (χ3v) is 4.24. The van der Waals surface area contributed by atoms with E-state index in [1.165, 1.54) is 0 Å². The van der Waals surface area contributed by atoms with Crippen LogP contribution < -0.4 is 5.63 Å². The summed E-state index contributed by atoms with van der Waals surface area (Å²) in [6.45, 7) is 8.05. The first kappa shape index (κ1) is 13.9. The zero-order valence-corrected chi connectivity index (χ0v) is 13.0. The molecule has 0 saturated carbocycles. The Morgan fingerprint density at radius 2 is 1.62 bits per heavy atom. The molecule has 0 N–H and O–H groups in total. The van der Waals surface area contributed by atoms with Crippen LogP contribution in [0.15, 0.2) is 25.8 Å². The lowest BCUT2D eigenvalue weighted by atomic mass is 9.98. The molecule has 110 valence electrons. The standard InChI is InChI=1S/C18H20O3/c1-5-12-8-11-9-15-13(6-2)10(4)18(19)21-17(15)14(7-3)16(11)20-12/h8-9H,5-7H2,1-4H3. The molecule has 0 aliphatic rings. The van der Waals surface area contributed by atoms with E-state index in [2.05, 4.69) is 32.9 Å². The highest BCUT2D eigenvalue weighted by atomic mass is 16.4. The largest absolute Gasteiger partial charge is 0.461 e. The van der Waals surface area contributed by atoms with Crippen LogP contribution in [0.2, 0.25) is 0 Å². The summed E-state index contributed by atoms with van der Waals surface area (Å²) >= 11 is 0. The van der Waals surface area contributed by atoms with Crippen LogP contribution in [0.3, 0.4) is 0 Å². The lowest BCUT2D eigenvalue weighted by molar-refractivity contribution is 0.538. The van der Waals surface area contributed by atoms with Gasteiger partial charge in [-0.25, -0.2) is 4.79 Å². The lowest BCUT2D eigenvalue weighted by Crippen LogP contribution is -2.08. The molecule has 2 aromatic heterocycles. The van der Waals surface area contributed by atoms with Crippen molar-refractivity contribution in [3.8, 4) is 0 Å². The molecule has 0 bridgehead atoms. The van der Waals surface area contributed by atoms with Gasteiger partial charge >= 0.3 is 5.63 Å². The third-order valence-electron chi connectivity index (χ3n) is 4.24. The van der Waals surface area contributed by atoms with Gasteiger partial charge < -0.3 is 8.83 Å². The number of hydrogen-bond acceptors (Lipinski definition) is 3. The molecule has 1 aromatic carbocycles. The van der Waals surface area contributed by atoms with Gasteiger partial charge in [0, 0.05) is 28.3 Å². The summed E-state index contributed by atoms with van der Waals surface area (Å²) in [6, 6.07) is 4.19. The van der Waals surface area contributed by atoms with Gasteiger partial charge in [0.1, 0.15) is 16.9 Å². The van der Waals surface area contributed by atoms with Crippen LogP contribution >= 0.6 is 0 Å². The Morgan fingerprint density at radius 1 is 0.905 bits per heavy atom. The number of hydrogen-bond donors (Lipinski definition) is 0. The average molecular weight is 284 g/mol. The predicted octanol–water partition coefficient (Wildman–Crippen LogP) is 4.53. The Morgan fingerprint density at radius 3 is 2.24 bits per heavy atom. The summed E-state index contributed by atoms with van der Waals surface area (Å²) in [6.07, 6.45) is 2.46. The third kappa shape index (κ3) is 1.99.